The van der Waals surface area contributed by atoms with Gasteiger partial charge < -0.3 is 15.0 Å². The lowest BCUT2D eigenvalue weighted by molar-refractivity contribution is 0.104. The summed E-state index contributed by atoms with van der Waals surface area (Å²) in [6.45, 7) is 14.2. The predicted molar refractivity (Wildman–Crippen MR) is 73.4 cm³/mol. The Morgan fingerprint density at radius 2 is 1.82 bits per heavy atom. The summed E-state index contributed by atoms with van der Waals surface area (Å²) in [6, 6.07) is 1.40. The monoisotopic (exact) mass is 242 g/mol. The van der Waals surface area contributed by atoms with Crippen LogP contribution in [0.2, 0.25) is 0 Å². The first-order valence-electron chi connectivity index (χ1n) is 7.14. The minimum absolute atomic E-state index is 0.643. The van der Waals surface area contributed by atoms with Gasteiger partial charge in [-0.05, 0) is 45.7 Å². The first-order valence-corrected chi connectivity index (χ1v) is 7.14. The first kappa shape index (κ1) is 14.9. The molecule has 0 aromatic carbocycles. The van der Waals surface area contributed by atoms with Gasteiger partial charge in [0.25, 0.3) is 0 Å². The summed E-state index contributed by atoms with van der Waals surface area (Å²) in [6.07, 6.45) is 2.56. The summed E-state index contributed by atoms with van der Waals surface area (Å²) < 4.78 is 5.57. The van der Waals surface area contributed by atoms with Crippen molar-refractivity contribution in [2.24, 2.45) is 5.92 Å². The Labute approximate surface area is 107 Å². The molecule has 0 bridgehead atoms. The van der Waals surface area contributed by atoms with Crippen LogP contribution in [-0.4, -0.2) is 49.8 Å². The van der Waals surface area contributed by atoms with Gasteiger partial charge in [0.2, 0.25) is 0 Å². The number of ether oxygens (including phenoxy) is 1. The highest BCUT2D eigenvalue weighted by atomic mass is 16.5. The highest BCUT2D eigenvalue weighted by Gasteiger charge is 2.19. The maximum atomic E-state index is 5.57. The van der Waals surface area contributed by atoms with Crippen LogP contribution in [0.4, 0.5) is 0 Å². The smallest absolute Gasteiger partial charge is 0.0591 e. The zero-order valence-electron chi connectivity index (χ0n) is 12.0. The second-order valence-electron chi connectivity index (χ2n) is 5.83. The minimum atomic E-state index is 0.643. The molecule has 1 aliphatic rings. The molecule has 3 nitrogen and oxygen atoms in total. The molecule has 0 aromatic heterocycles. The molecule has 0 saturated carbocycles. The van der Waals surface area contributed by atoms with Crippen molar-refractivity contribution in [1.82, 2.24) is 10.2 Å². The molecule has 1 saturated heterocycles. The topological polar surface area (TPSA) is 24.5 Å². The Balaban J connectivity index is 1.99. The first-order chi connectivity index (χ1) is 8.09. The van der Waals surface area contributed by atoms with Crippen molar-refractivity contribution in [1.29, 1.82) is 0 Å². The van der Waals surface area contributed by atoms with Gasteiger partial charge in [-0.15, -0.1) is 0 Å². The molecule has 0 aromatic rings. The van der Waals surface area contributed by atoms with Gasteiger partial charge >= 0.3 is 0 Å². The van der Waals surface area contributed by atoms with Crippen molar-refractivity contribution in [3.8, 4) is 0 Å². The summed E-state index contributed by atoms with van der Waals surface area (Å²) in [5, 5.41) is 3.60. The molecule has 0 unspecified atom stereocenters. The van der Waals surface area contributed by atoms with E-state index in [0.717, 1.165) is 19.8 Å². The molecule has 0 atom stereocenters. The van der Waals surface area contributed by atoms with Crippen LogP contribution in [0.1, 0.15) is 40.5 Å². The number of rotatable bonds is 7. The summed E-state index contributed by atoms with van der Waals surface area (Å²) >= 11 is 0. The van der Waals surface area contributed by atoms with Crippen LogP contribution in [0.15, 0.2) is 0 Å². The molecule has 3 heteroatoms. The third-order valence-corrected chi connectivity index (χ3v) is 3.39. The molecular weight excluding hydrogens is 212 g/mol. The molecular formula is C14H30N2O. The fourth-order valence-corrected chi connectivity index (χ4v) is 2.27. The highest BCUT2D eigenvalue weighted by molar-refractivity contribution is 4.78. The van der Waals surface area contributed by atoms with Crippen molar-refractivity contribution < 1.29 is 4.74 Å². The summed E-state index contributed by atoms with van der Waals surface area (Å²) in [5.74, 6) is 0.643. The summed E-state index contributed by atoms with van der Waals surface area (Å²) in [5.41, 5.74) is 0. The SMILES string of the molecule is CC(C)COCCNC1CCN(C(C)C)CC1. The molecule has 1 heterocycles. The lowest BCUT2D eigenvalue weighted by Crippen LogP contribution is -2.45. The summed E-state index contributed by atoms with van der Waals surface area (Å²) in [4.78, 5) is 2.56. The van der Waals surface area contributed by atoms with E-state index in [0.29, 0.717) is 18.0 Å². The Kier molecular flexibility index (Phi) is 7.09. The average molecular weight is 242 g/mol. The van der Waals surface area contributed by atoms with Gasteiger partial charge in [0.05, 0.1) is 6.61 Å². The highest BCUT2D eigenvalue weighted by Crippen LogP contribution is 2.12. The van der Waals surface area contributed by atoms with E-state index in [1.54, 1.807) is 0 Å². The fraction of sp³-hybridized carbons (Fsp3) is 1.00. The molecule has 0 spiro atoms. The Morgan fingerprint density at radius 3 is 2.35 bits per heavy atom. The minimum Gasteiger partial charge on any atom is -0.380 e. The summed E-state index contributed by atoms with van der Waals surface area (Å²) in [7, 11) is 0. The van der Waals surface area contributed by atoms with Gasteiger partial charge in [-0.1, -0.05) is 13.8 Å². The molecule has 1 rings (SSSR count). The standard InChI is InChI=1S/C14H30N2O/c1-12(2)11-17-10-7-15-14-5-8-16(9-6-14)13(3)4/h12-15H,5-11H2,1-4H3. The molecule has 1 N–H and O–H groups in total. The second-order valence-corrected chi connectivity index (χ2v) is 5.83. The number of piperidine rings is 1. The molecule has 1 fully saturated rings. The maximum Gasteiger partial charge on any atom is 0.0591 e. The number of likely N-dealkylation sites (tertiary alicyclic amines) is 1. The zero-order chi connectivity index (χ0) is 12.7. The normalized spacial score (nSPS) is 19.4. The molecule has 102 valence electrons. The molecule has 1 aliphatic heterocycles. The van der Waals surface area contributed by atoms with Crippen LogP contribution in [0, 0.1) is 5.92 Å². The maximum absolute atomic E-state index is 5.57. The van der Waals surface area contributed by atoms with Crippen molar-refractivity contribution in [3.05, 3.63) is 0 Å². The van der Waals surface area contributed by atoms with Crippen LogP contribution in [0.25, 0.3) is 0 Å². The largest absolute Gasteiger partial charge is 0.380 e. The van der Waals surface area contributed by atoms with E-state index < -0.39 is 0 Å². The lowest BCUT2D eigenvalue weighted by atomic mass is 10.0. The van der Waals surface area contributed by atoms with Gasteiger partial charge in [-0.2, -0.15) is 0 Å². The lowest BCUT2D eigenvalue weighted by Gasteiger charge is -2.35. The Hall–Kier alpha value is -0.120. The zero-order valence-corrected chi connectivity index (χ0v) is 12.0. The van der Waals surface area contributed by atoms with Crippen LogP contribution in [0.5, 0.6) is 0 Å². The quantitative estimate of drug-likeness (QED) is 0.692. The molecule has 17 heavy (non-hydrogen) atoms. The number of hydrogen-bond donors (Lipinski definition) is 1. The van der Waals surface area contributed by atoms with E-state index >= 15 is 0 Å². The van der Waals surface area contributed by atoms with E-state index in [1.807, 2.05) is 0 Å². The van der Waals surface area contributed by atoms with E-state index in [2.05, 4.69) is 37.9 Å². The van der Waals surface area contributed by atoms with Gasteiger partial charge in [-0.25, -0.2) is 0 Å². The number of hydrogen-bond acceptors (Lipinski definition) is 3. The van der Waals surface area contributed by atoms with E-state index in [9.17, 15) is 0 Å². The van der Waals surface area contributed by atoms with Gasteiger partial charge in [-0.3, -0.25) is 0 Å². The van der Waals surface area contributed by atoms with Crippen LogP contribution in [-0.2, 0) is 4.74 Å². The van der Waals surface area contributed by atoms with Gasteiger partial charge in [0, 0.05) is 25.2 Å². The third-order valence-electron chi connectivity index (χ3n) is 3.39. The van der Waals surface area contributed by atoms with Crippen molar-refractivity contribution >= 4 is 0 Å². The van der Waals surface area contributed by atoms with E-state index in [4.69, 9.17) is 4.74 Å². The van der Waals surface area contributed by atoms with Crippen LogP contribution in [0.3, 0.4) is 0 Å². The van der Waals surface area contributed by atoms with Crippen molar-refractivity contribution in [2.75, 3.05) is 32.8 Å². The molecule has 0 radical (unpaired) electrons. The number of nitrogens with one attached hydrogen (secondary N) is 1. The Morgan fingerprint density at radius 1 is 1.18 bits per heavy atom. The van der Waals surface area contributed by atoms with Crippen LogP contribution < -0.4 is 5.32 Å². The molecule has 0 aliphatic carbocycles. The fourth-order valence-electron chi connectivity index (χ4n) is 2.27. The van der Waals surface area contributed by atoms with Crippen molar-refractivity contribution in [2.45, 2.75) is 52.6 Å². The van der Waals surface area contributed by atoms with E-state index in [-0.39, 0.29) is 0 Å². The Bertz CT molecular complexity index is 187. The van der Waals surface area contributed by atoms with E-state index in [1.165, 1.54) is 25.9 Å². The van der Waals surface area contributed by atoms with Gasteiger partial charge in [0.15, 0.2) is 0 Å². The predicted octanol–water partition coefficient (Wildman–Crippen LogP) is 2.12. The van der Waals surface area contributed by atoms with Crippen LogP contribution >= 0.6 is 0 Å². The third kappa shape index (κ3) is 6.39. The number of nitrogens with zero attached hydrogens (tertiary/aromatic N) is 1. The second kappa shape index (κ2) is 8.06. The van der Waals surface area contributed by atoms with Crippen molar-refractivity contribution in [3.63, 3.8) is 0 Å². The molecule has 0 amide bonds. The average Bonchev–Trinajstić information content (AvgIpc) is 2.29. The van der Waals surface area contributed by atoms with Gasteiger partial charge in [0.1, 0.15) is 0 Å².